The van der Waals surface area contributed by atoms with Crippen LogP contribution in [0.3, 0.4) is 0 Å². The van der Waals surface area contributed by atoms with Gasteiger partial charge in [0.15, 0.2) is 22.8 Å². The summed E-state index contributed by atoms with van der Waals surface area (Å²) in [5, 5.41) is 15.7. The summed E-state index contributed by atoms with van der Waals surface area (Å²) in [6, 6.07) is 10.2. The second-order valence-electron chi connectivity index (χ2n) is 7.55. The molecule has 2 heterocycles. The molecule has 170 valence electrons. The van der Waals surface area contributed by atoms with Gasteiger partial charge in [0.05, 0.1) is 36.9 Å². The number of nitrogens with zero attached hydrogens (tertiary/aromatic N) is 4. The first-order valence-corrected chi connectivity index (χ1v) is 10.4. The number of hydrogen-bond acceptors (Lipinski definition) is 6. The average molecular weight is 449 g/mol. The van der Waals surface area contributed by atoms with Crippen molar-refractivity contribution in [3.8, 4) is 22.6 Å². The minimum absolute atomic E-state index is 0.0616. The second kappa shape index (κ2) is 8.85. The van der Waals surface area contributed by atoms with Gasteiger partial charge >= 0.3 is 0 Å². The highest BCUT2D eigenvalue weighted by Gasteiger charge is 2.22. The molecule has 0 atom stereocenters. The Bertz CT molecular complexity index is 1370. The lowest BCUT2D eigenvalue weighted by Crippen LogP contribution is -2.19. The van der Waals surface area contributed by atoms with Crippen LogP contribution >= 0.6 is 0 Å². The van der Waals surface area contributed by atoms with Gasteiger partial charge in [0.1, 0.15) is 5.82 Å². The van der Waals surface area contributed by atoms with Gasteiger partial charge in [-0.3, -0.25) is 4.79 Å². The van der Waals surface area contributed by atoms with Gasteiger partial charge in [-0.05, 0) is 55.7 Å². The quantitative estimate of drug-likeness (QED) is 0.470. The van der Waals surface area contributed by atoms with E-state index in [1.54, 1.807) is 38.6 Å². The van der Waals surface area contributed by atoms with E-state index in [0.717, 1.165) is 22.4 Å². The van der Waals surface area contributed by atoms with Crippen molar-refractivity contribution in [1.29, 1.82) is 0 Å². The minimum atomic E-state index is -0.564. The van der Waals surface area contributed by atoms with E-state index in [1.807, 2.05) is 25.1 Å². The van der Waals surface area contributed by atoms with Crippen molar-refractivity contribution in [2.45, 2.75) is 27.2 Å². The third-order valence-electron chi connectivity index (χ3n) is 5.43. The summed E-state index contributed by atoms with van der Waals surface area (Å²) in [5.74, 6) is 0.113. The van der Waals surface area contributed by atoms with Gasteiger partial charge in [0.25, 0.3) is 5.91 Å². The molecule has 0 aliphatic carbocycles. The maximum Gasteiger partial charge on any atom is 0.278 e. The van der Waals surface area contributed by atoms with Crippen LogP contribution in [0.1, 0.15) is 34.4 Å². The number of nitrogens with one attached hydrogen (secondary N) is 1. The Balaban J connectivity index is 1.78. The summed E-state index contributed by atoms with van der Waals surface area (Å²) in [4.78, 5) is 12.8. The summed E-state index contributed by atoms with van der Waals surface area (Å²) in [6.07, 6.45) is 0.641. The normalized spacial score (nSPS) is 11.0. The Hall–Kier alpha value is -4.01. The predicted octanol–water partition coefficient (Wildman–Crippen LogP) is 4.38. The van der Waals surface area contributed by atoms with Crippen LogP contribution < -0.4 is 14.8 Å². The number of amides is 1. The zero-order chi connectivity index (χ0) is 23.7. The highest BCUT2D eigenvalue weighted by atomic mass is 19.1. The number of carbonyl (C=O) groups is 1. The molecule has 8 nitrogen and oxygen atoms in total. The number of benzene rings is 2. The molecule has 9 heteroatoms. The van der Waals surface area contributed by atoms with Crippen molar-refractivity contribution < 1.29 is 18.7 Å². The standard InChI is InChI=1S/C24H24FN5O3/c1-6-17-21(15-8-10-19(32-4)20(12-15)33-5)23-28-27-22(14(3)30(23)29-17)24(31)26-18-9-7-13(2)11-16(18)25/h7-12H,6H2,1-5H3,(H,26,31). The second-order valence-corrected chi connectivity index (χ2v) is 7.55. The first kappa shape index (κ1) is 22.2. The third kappa shape index (κ3) is 3.97. The monoisotopic (exact) mass is 449 g/mol. The largest absolute Gasteiger partial charge is 0.493 e. The zero-order valence-electron chi connectivity index (χ0n) is 19.1. The predicted molar refractivity (Wildman–Crippen MR) is 123 cm³/mol. The van der Waals surface area contributed by atoms with E-state index in [1.165, 1.54) is 12.1 Å². The lowest BCUT2D eigenvalue weighted by atomic mass is 10.0. The fraction of sp³-hybridized carbons (Fsp3) is 0.250. The van der Waals surface area contributed by atoms with E-state index < -0.39 is 11.7 Å². The maximum absolute atomic E-state index is 14.2. The molecule has 0 saturated heterocycles. The van der Waals surface area contributed by atoms with E-state index in [9.17, 15) is 9.18 Å². The summed E-state index contributed by atoms with van der Waals surface area (Å²) in [6.45, 7) is 5.49. The molecule has 0 fully saturated rings. The fourth-order valence-corrected chi connectivity index (χ4v) is 3.70. The van der Waals surface area contributed by atoms with E-state index in [4.69, 9.17) is 9.47 Å². The topological polar surface area (TPSA) is 90.6 Å². The fourth-order valence-electron chi connectivity index (χ4n) is 3.70. The third-order valence-corrected chi connectivity index (χ3v) is 5.43. The van der Waals surface area contributed by atoms with Crippen LogP contribution in [0.5, 0.6) is 11.5 Å². The van der Waals surface area contributed by atoms with Gasteiger partial charge in [-0.2, -0.15) is 5.10 Å². The lowest BCUT2D eigenvalue weighted by Gasteiger charge is -2.10. The molecule has 2 aromatic heterocycles. The molecular formula is C24H24FN5O3. The summed E-state index contributed by atoms with van der Waals surface area (Å²) in [7, 11) is 3.15. The number of hydrogen-bond donors (Lipinski definition) is 1. The number of halogens is 1. The van der Waals surface area contributed by atoms with Gasteiger partial charge in [0, 0.05) is 0 Å². The van der Waals surface area contributed by atoms with Crippen LogP contribution in [0.2, 0.25) is 0 Å². The van der Waals surface area contributed by atoms with Crippen LogP contribution in [-0.2, 0) is 6.42 Å². The first-order valence-electron chi connectivity index (χ1n) is 10.4. The number of rotatable bonds is 6. The molecule has 1 amide bonds. The molecular weight excluding hydrogens is 425 g/mol. The van der Waals surface area contributed by atoms with E-state index >= 15 is 0 Å². The molecule has 4 rings (SSSR count). The summed E-state index contributed by atoms with van der Waals surface area (Å²) >= 11 is 0. The van der Waals surface area contributed by atoms with Gasteiger partial charge in [-0.15, -0.1) is 10.2 Å². The molecule has 0 spiro atoms. The van der Waals surface area contributed by atoms with E-state index in [0.29, 0.717) is 29.3 Å². The number of methoxy groups -OCH3 is 2. The van der Waals surface area contributed by atoms with Crippen molar-refractivity contribution in [2.75, 3.05) is 19.5 Å². The molecule has 0 saturated carbocycles. The highest BCUT2D eigenvalue weighted by molar-refractivity contribution is 6.03. The van der Waals surface area contributed by atoms with Gasteiger partial charge < -0.3 is 14.8 Å². The molecule has 1 N–H and O–H groups in total. The molecule has 0 aliphatic heterocycles. The first-order chi connectivity index (χ1) is 15.9. The molecule has 33 heavy (non-hydrogen) atoms. The van der Waals surface area contributed by atoms with Crippen LogP contribution in [0.15, 0.2) is 36.4 Å². The lowest BCUT2D eigenvalue weighted by molar-refractivity contribution is 0.101. The molecule has 0 aliphatic rings. The van der Waals surface area contributed by atoms with Crippen molar-refractivity contribution in [2.24, 2.45) is 0 Å². The van der Waals surface area contributed by atoms with E-state index in [2.05, 4.69) is 20.6 Å². The smallest absolute Gasteiger partial charge is 0.278 e. The van der Waals surface area contributed by atoms with Crippen LogP contribution in [-0.4, -0.2) is 39.9 Å². The molecule has 0 bridgehead atoms. The van der Waals surface area contributed by atoms with Gasteiger partial charge in [-0.1, -0.05) is 19.1 Å². The van der Waals surface area contributed by atoms with Crippen LogP contribution in [0.25, 0.3) is 16.8 Å². The summed E-state index contributed by atoms with van der Waals surface area (Å²) in [5.41, 5.74) is 4.33. The molecule has 4 aromatic rings. The Morgan fingerprint density at radius 2 is 1.82 bits per heavy atom. The number of aryl methyl sites for hydroxylation is 3. The number of carbonyl (C=O) groups excluding carboxylic acids is 1. The molecule has 2 aromatic carbocycles. The van der Waals surface area contributed by atoms with Gasteiger partial charge in [-0.25, -0.2) is 8.91 Å². The minimum Gasteiger partial charge on any atom is -0.493 e. The number of fused-ring (bicyclic) bond motifs is 1. The van der Waals surface area contributed by atoms with Crippen molar-refractivity contribution in [3.63, 3.8) is 0 Å². The zero-order valence-corrected chi connectivity index (χ0v) is 19.1. The Kier molecular flexibility index (Phi) is 5.95. The van der Waals surface area contributed by atoms with Crippen molar-refractivity contribution >= 4 is 17.2 Å². The molecule has 0 radical (unpaired) electrons. The summed E-state index contributed by atoms with van der Waals surface area (Å²) < 4.78 is 26.6. The Labute approximate surface area is 190 Å². The van der Waals surface area contributed by atoms with Crippen LogP contribution in [0, 0.1) is 19.7 Å². The van der Waals surface area contributed by atoms with Gasteiger partial charge in [0.2, 0.25) is 0 Å². The number of anilines is 1. The molecule has 0 unspecified atom stereocenters. The number of aromatic nitrogens is 4. The van der Waals surface area contributed by atoms with Crippen LogP contribution in [0.4, 0.5) is 10.1 Å². The van der Waals surface area contributed by atoms with E-state index in [-0.39, 0.29) is 11.4 Å². The average Bonchev–Trinajstić information content (AvgIpc) is 3.20. The Morgan fingerprint density at radius 3 is 2.48 bits per heavy atom. The SMILES string of the molecule is CCc1nn2c(C)c(C(=O)Nc3ccc(C)cc3F)nnc2c1-c1ccc(OC)c(OC)c1. The van der Waals surface area contributed by atoms with Crippen molar-refractivity contribution in [3.05, 3.63) is 64.9 Å². The number of ether oxygens (including phenoxy) is 2. The van der Waals surface area contributed by atoms with Crippen molar-refractivity contribution in [1.82, 2.24) is 19.8 Å². The highest BCUT2D eigenvalue weighted by Crippen LogP contribution is 2.35. The Morgan fingerprint density at radius 1 is 1.06 bits per heavy atom. The maximum atomic E-state index is 14.2.